The first-order valence-corrected chi connectivity index (χ1v) is 6.46. The molecule has 0 atom stereocenters. The summed E-state index contributed by atoms with van der Waals surface area (Å²) in [6.07, 6.45) is 0.927. The van der Waals surface area contributed by atoms with Gasteiger partial charge in [0.25, 0.3) is 0 Å². The molecule has 18 heavy (non-hydrogen) atoms. The van der Waals surface area contributed by atoms with E-state index in [9.17, 15) is 0 Å². The van der Waals surface area contributed by atoms with Crippen LogP contribution in [-0.2, 0) is 4.74 Å². The lowest BCUT2D eigenvalue weighted by molar-refractivity contribution is 0.185. The van der Waals surface area contributed by atoms with Crippen molar-refractivity contribution in [3.8, 4) is 5.75 Å². The minimum atomic E-state index is 0.126. The number of hydrogen-bond donors (Lipinski definition) is 0. The maximum atomic E-state index is 5.88. The fourth-order valence-corrected chi connectivity index (χ4v) is 1.69. The minimum Gasteiger partial charge on any atom is -0.493 e. The van der Waals surface area contributed by atoms with Crippen LogP contribution in [0, 0.1) is 5.41 Å². The molecule has 2 rings (SSSR count). The molecule has 98 valence electrons. The van der Waals surface area contributed by atoms with Gasteiger partial charge in [-0.15, -0.1) is 0 Å². The molecule has 0 spiro atoms. The third kappa shape index (κ3) is 3.49. The first kappa shape index (κ1) is 12.9. The first-order chi connectivity index (χ1) is 8.56. The fourth-order valence-electron chi connectivity index (χ4n) is 1.69. The Bertz CT molecular complexity index is 432. The zero-order valence-electron chi connectivity index (χ0n) is 11.4. The molecular weight excluding hydrogens is 226 g/mol. The summed E-state index contributed by atoms with van der Waals surface area (Å²) in [5.74, 6) is 1.57. The second-order valence-electron chi connectivity index (χ2n) is 5.73. The summed E-state index contributed by atoms with van der Waals surface area (Å²) in [6, 6.07) is 7.93. The Kier molecular flexibility index (Phi) is 3.90. The molecule has 1 heterocycles. The molecule has 0 radical (unpaired) electrons. The van der Waals surface area contributed by atoms with E-state index < -0.39 is 0 Å². The molecule has 0 N–H and O–H groups in total. The maximum Gasteiger partial charge on any atom is 0.219 e. The van der Waals surface area contributed by atoms with Crippen molar-refractivity contribution in [1.82, 2.24) is 0 Å². The Labute approximate surface area is 109 Å². The van der Waals surface area contributed by atoms with Gasteiger partial charge in [0, 0.05) is 13.0 Å². The van der Waals surface area contributed by atoms with Gasteiger partial charge < -0.3 is 9.47 Å². The molecule has 3 heteroatoms. The van der Waals surface area contributed by atoms with Gasteiger partial charge in [0.2, 0.25) is 5.90 Å². The predicted molar refractivity (Wildman–Crippen MR) is 73.4 cm³/mol. The summed E-state index contributed by atoms with van der Waals surface area (Å²) < 4.78 is 11.6. The Morgan fingerprint density at radius 2 is 2.06 bits per heavy atom. The molecule has 0 saturated heterocycles. The molecular formula is C15H21NO2. The van der Waals surface area contributed by atoms with Crippen LogP contribution in [0.2, 0.25) is 0 Å². The van der Waals surface area contributed by atoms with Gasteiger partial charge in [-0.05, 0) is 17.5 Å². The highest BCUT2D eigenvalue weighted by Gasteiger charge is 2.17. The second kappa shape index (κ2) is 5.42. The SMILES string of the molecule is CC(C)(C)COC1=NCCCOc2ccccc21. The van der Waals surface area contributed by atoms with Crippen LogP contribution in [0.1, 0.15) is 32.8 Å². The van der Waals surface area contributed by atoms with Crippen molar-refractivity contribution in [3.05, 3.63) is 29.8 Å². The fraction of sp³-hybridized carbons (Fsp3) is 0.533. The quantitative estimate of drug-likeness (QED) is 0.762. The van der Waals surface area contributed by atoms with Crippen LogP contribution in [0.5, 0.6) is 5.75 Å². The van der Waals surface area contributed by atoms with E-state index in [0.717, 1.165) is 24.3 Å². The zero-order chi connectivity index (χ0) is 13.0. The van der Waals surface area contributed by atoms with Gasteiger partial charge in [-0.1, -0.05) is 32.9 Å². The summed E-state index contributed by atoms with van der Waals surface area (Å²) in [5, 5.41) is 0. The van der Waals surface area contributed by atoms with E-state index in [-0.39, 0.29) is 5.41 Å². The lowest BCUT2D eigenvalue weighted by Crippen LogP contribution is -2.21. The van der Waals surface area contributed by atoms with E-state index in [2.05, 4.69) is 25.8 Å². The number of para-hydroxylation sites is 1. The summed E-state index contributed by atoms with van der Waals surface area (Å²) in [4.78, 5) is 4.54. The second-order valence-corrected chi connectivity index (χ2v) is 5.73. The van der Waals surface area contributed by atoms with Crippen LogP contribution < -0.4 is 4.74 Å². The highest BCUT2D eigenvalue weighted by molar-refractivity contribution is 5.96. The first-order valence-electron chi connectivity index (χ1n) is 6.46. The Balaban J connectivity index is 2.22. The summed E-state index contributed by atoms with van der Waals surface area (Å²) in [7, 11) is 0. The molecule has 1 aromatic carbocycles. The number of aliphatic imine (C=N–C) groups is 1. The lowest BCUT2D eigenvalue weighted by Gasteiger charge is -2.22. The smallest absolute Gasteiger partial charge is 0.219 e. The summed E-state index contributed by atoms with van der Waals surface area (Å²) in [5.41, 5.74) is 1.09. The normalized spacial score (nSPS) is 15.8. The van der Waals surface area contributed by atoms with Gasteiger partial charge in [-0.25, -0.2) is 0 Å². The van der Waals surface area contributed by atoms with Crippen LogP contribution in [0.25, 0.3) is 0 Å². The average Bonchev–Trinajstić information content (AvgIpc) is 2.28. The Morgan fingerprint density at radius 1 is 1.28 bits per heavy atom. The minimum absolute atomic E-state index is 0.126. The largest absolute Gasteiger partial charge is 0.493 e. The van der Waals surface area contributed by atoms with Crippen molar-refractivity contribution in [2.24, 2.45) is 10.4 Å². The van der Waals surface area contributed by atoms with Gasteiger partial charge in [0.05, 0.1) is 18.8 Å². The molecule has 0 saturated carbocycles. The van der Waals surface area contributed by atoms with E-state index in [1.807, 2.05) is 24.3 Å². The molecule has 0 fully saturated rings. The van der Waals surface area contributed by atoms with Gasteiger partial charge in [-0.3, -0.25) is 4.99 Å². The van der Waals surface area contributed by atoms with Crippen molar-refractivity contribution in [2.75, 3.05) is 19.8 Å². The molecule has 3 nitrogen and oxygen atoms in total. The third-order valence-electron chi connectivity index (χ3n) is 2.57. The van der Waals surface area contributed by atoms with Crippen molar-refractivity contribution in [2.45, 2.75) is 27.2 Å². The lowest BCUT2D eigenvalue weighted by atomic mass is 9.99. The van der Waals surface area contributed by atoms with Crippen LogP contribution in [0.15, 0.2) is 29.3 Å². The van der Waals surface area contributed by atoms with Crippen LogP contribution in [-0.4, -0.2) is 25.7 Å². The molecule has 0 bridgehead atoms. The summed E-state index contributed by atoms with van der Waals surface area (Å²) in [6.45, 7) is 8.58. The van der Waals surface area contributed by atoms with E-state index in [1.165, 1.54) is 0 Å². The highest BCUT2D eigenvalue weighted by atomic mass is 16.5. The number of benzene rings is 1. The van der Waals surface area contributed by atoms with E-state index in [4.69, 9.17) is 9.47 Å². The Morgan fingerprint density at radius 3 is 2.83 bits per heavy atom. The Hall–Kier alpha value is -1.51. The third-order valence-corrected chi connectivity index (χ3v) is 2.57. The van der Waals surface area contributed by atoms with Gasteiger partial charge in [0.15, 0.2) is 0 Å². The molecule has 0 unspecified atom stereocenters. The number of ether oxygens (including phenoxy) is 2. The number of hydrogen-bond acceptors (Lipinski definition) is 3. The van der Waals surface area contributed by atoms with E-state index in [1.54, 1.807) is 0 Å². The van der Waals surface area contributed by atoms with E-state index in [0.29, 0.717) is 19.1 Å². The predicted octanol–water partition coefficient (Wildman–Crippen LogP) is 3.28. The van der Waals surface area contributed by atoms with Crippen LogP contribution in [0.4, 0.5) is 0 Å². The van der Waals surface area contributed by atoms with Crippen LogP contribution in [0.3, 0.4) is 0 Å². The highest BCUT2D eigenvalue weighted by Crippen LogP contribution is 2.23. The van der Waals surface area contributed by atoms with Crippen molar-refractivity contribution in [3.63, 3.8) is 0 Å². The van der Waals surface area contributed by atoms with E-state index >= 15 is 0 Å². The molecule has 1 aliphatic rings. The molecule has 1 aliphatic heterocycles. The zero-order valence-corrected chi connectivity index (χ0v) is 11.4. The molecule has 1 aromatic rings. The number of fused-ring (bicyclic) bond motifs is 1. The average molecular weight is 247 g/mol. The standard InChI is InChI=1S/C15H21NO2/c1-15(2,3)11-18-14-12-7-4-5-8-13(12)17-10-6-9-16-14/h4-5,7-8H,6,9-11H2,1-3H3. The molecule has 0 aliphatic carbocycles. The van der Waals surface area contributed by atoms with Crippen molar-refractivity contribution >= 4 is 5.90 Å². The van der Waals surface area contributed by atoms with Gasteiger partial charge in [0.1, 0.15) is 5.75 Å². The van der Waals surface area contributed by atoms with Crippen LogP contribution >= 0.6 is 0 Å². The topological polar surface area (TPSA) is 30.8 Å². The van der Waals surface area contributed by atoms with Gasteiger partial charge >= 0.3 is 0 Å². The van der Waals surface area contributed by atoms with Crippen molar-refractivity contribution < 1.29 is 9.47 Å². The van der Waals surface area contributed by atoms with Gasteiger partial charge in [-0.2, -0.15) is 0 Å². The molecule has 0 amide bonds. The number of nitrogens with zero attached hydrogens (tertiary/aromatic N) is 1. The van der Waals surface area contributed by atoms with Crippen molar-refractivity contribution in [1.29, 1.82) is 0 Å². The maximum absolute atomic E-state index is 5.88. The monoisotopic (exact) mass is 247 g/mol. The summed E-state index contributed by atoms with van der Waals surface area (Å²) >= 11 is 0. The molecule has 0 aromatic heterocycles. The number of rotatable bonds is 1.